The second kappa shape index (κ2) is 21.6. The molecule has 0 aliphatic carbocycles. The van der Waals surface area contributed by atoms with E-state index in [1.54, 1.807) is 0 Å². The first kappa shape index (κ1) is 29.3. The molecule has 0 saturated heterocycles. The molecule has 30 heavy (non-hydrogen) atoms. The number of hydrogen-bond donors (Lipinski definition) is 2. The van der Waals surface area contributed by atoms with Crippen LogP contribution < -0.4 is 5.32 Å². The molecule has 0 aliphatic heterocycles. The van der Waals surface area contributed by atoms with Crippen molar-refractivity contribution >= 4 is 16.3 Å². The van der Waals surface area contributed by atoms with Crippen LogP contribution in [0.3, 0.4) is 0 Å². The Kier molecular flexibility index (Phi) is 21.1. The molecule has 0 fully saturated rings. The predicted octanol–water partition coefficient (Wildman–Crippen LogP) is 6.70. The fourth-order valence-corrected chi connectivity index (χ4v) is 3.84. The third kappa shape index (κ3) is 25.4. The van der Waals surface area contributed by atoms with Crippen LogP contribution in [0.5, 0.6) is 0 Å². The van der Waals surface area contributed by atoms with E-state index in [4.69, 9.17) is 4.55 Å². The highest BCUT2D eigenvalue weighted by Crippen LogP contribution is 2.14. The molecule has 0 bridgehead atoms. The largest absolute Gasteiger partial charge is 0.399 e. The standard InChI is InChI=1S/C23H47NO5S/c1-2-3-4-5-6-7-8-9-10-11-12-13-14-15-16-17-18-19-20-21-23(25)24-22-29-30(26,27)28/h2-22H2,1H3,(H,24,25)(H,26,27,28). The number of hydrogen-bond acceptors (Lipinski definition) is 4. The van der Waals surface area contributed by atoms with Crippen LogP contribution in [0.2, 0.25) is 0 Å². The molecule has 0 radical (unpaired) electrons. The Bertz CT molecular complexity index is 482. The van der Waals surface area contributed by atoms with Crippen LogP contribution in [0.1, 0.15) is 135 Å². The fourth-order valence-electron chi connectivity index (χ4n) is 3.64. The molecule has 0 unspecified atom stereocenters. The van der Waals surface area contributed by atoms with Gasteiger partial charge in [0.2, 0.25) is 5.91 Å². The molecule has 0 rings (SSSR count). The van der Waals surface area contributed by atoms with Crippen molar-refractivity contribution in [3.63, 3.8) is 0 Å². The summed E-state index contributed by atoms with van der Waals surface area (Å²) in [5, 5.41) is 2.30. The van der Waals surface area contributed by atoms with Crippen LogP contribution in [-0.4, -0.2) is 25.6 Å². The van der Waals surface area contributed by atoms with Crippen LogP contribution in [0, 0.1) is 0 Å². The summed E-state index contributed by atoms with van der Waals surface area (Å²) >= 11 is 0. The number of carbonyl (C=O) groups excluding carboxylic acids is 1. The number of rotatable bonds is 23. The highest BCUT2D eigenvalue weighted by atomic mass is 32.3. The third-order valence-electron chi connectivity index (χ3n) is 5.48. The van der Waals surface area contributed by atoms with Gasteiger partial charge in [-0.3, -0.25) is 9.35 Å². The molecule has 0 saturated carbocycles. The second-order valence-electron chi connectivity index (χ2n) is 8.40. The first-order valence-corrected chi connectivity index (χ1v) is 13.7. The topological polar surface area (TPSA) is 92.7 Å². The normalized spacial score (nSPS) is 11.7. The van der Waals surface area contributed by atoms with Crippen molar-refractivity contribution in [1.29, 1.82) is 0 Å². The van der Waals surface area contributed by atoms with Gasteiger partial charge in [0.1, 0.15) is 6.73 Å². The van der Waals surface area contributed by atoms with Gasteiger partial charge in [-0.15, -0.1) is 0 Å². The molecule has 0 aromatic rings. The van der Waals surface area contributed by atoms with E-state index < -0.39 is 17.1 Å². The first-order valence-electron chi connectivity index (χ1n) is 12.3. The van der Waals surface area contributed by atoms with E-state index in [0.29, 0.717) is 6.42 Å². The summed E-state index contributed by atoms with van der Waals surface area (Å²) < 4.78 is 33.1. The molecule has 1 amide bonds. The molecule has 0 aliphatic rings. The number of carbonyl (C=O) groups is 1. The van der Waals surface area contributed by atoms with Crippen LogP contribution >= 0.6 is 0 Å². The Morgan fingerprint density at radius 2 is 1.00 bits per heavy atom. The zero-order valence-corrected chi connectivity index (χ0v) is 20.2. The first-order chi connectivity index (χ1) is 14.5. The number of unbranched alkanes of at least 4 members (excludes halogenated alkanes) is 18. The molecule has 0 atom stereocenters. The van der Waals surface area contributed by atoms with Crippen LogP contribution in [0.15, 0.2) is 0 Å². The number of nitrogens with one attached hydrogen (secondary N) is 1. The Hall–Kier alpha value is -0.660. The Labute approximate surface area is 185 Å². The molecule has 0 heterocycles. The van der Waals surface area contributed by atoms with E-state index in [2.05, 4.69) is 16.4 Å². The van der Waals surface area contributed by atoms with Crippen molar-refractivity contribution in [2.75, 3.05) is 6.73 Å². The number of amides is 1. The molecule has 0 aromatic heterocycles. The summed E-state index contributed by atoms with van der Waals surface area (Å²) in [7, 11) is -4.49. The van der Waals surface area contributed by atoms with E-state index in [1.807, 2.05) is 0 Å². The molecule has 7 heteroatoms. The van der Waals surface area contributed by atoms with Crippen LogP contribution in [0.25, 0.3) is 0 Å². The molecule has 2 N–H and O–H groups in total. The Morgan fingerprint density at radius 3 is 1.33 bits per heavy atom. The van der Waals surface area contributed by atoms with Crippen molar-refractivity contribution < 1.29 is 21.9 Å². The average molecular weight is 450 g/mol. The van der Waals surface area contributed by atoms with Crippen molar-refractivity contribution in [2.24, 2.45) is 0 Å². The van der Waals surface area contributed by atoms with Gasteiger partial charge in [-0.2, -0.15) is 8.42 Å². The Balaban J connectivity index is 3.15. The molecule has 0 aromatic carbocycles. The smallest absolute Gasteiger partial charge is 0.332 e. The molecule has 180 valence electrons. The molecule has 6 nitrogen and oxygen atoms in total. The van der Waals surface area contributed by atoms with Crippen molar-refractivity contribution in [2.45, 2.75) is 135 Å². The maximum atomic E-state index is 11.4. The lowest BCUT2D eigenvalue weighted by molar-refractivity contribution is -0.122. The van der Waals surface area contributed by atoms with Gasteiger partial charge in [0.05, 0.1) is 0 Å². The zero-order valence-electron chi connectivity index (χ0n) is 19.3. The summed E-state index contributed by atoms with van der Waals surface area (Å²) in [6.45, 7) is 1.75. The lowest BCUT2D eigenvalue weighted by Crippen LogP contribution is -2.27. The highest BCUT2D eigenvalue weighted by Gasteiger charge is 2.06. The fraction of sp³-hybridized carbons (Fsp3) is 0.957. The van der Waals surface area contributed by atoms with Crippen LogP contribution in [-0.2, 0) is 19.4 Å². The maximum Gasteiger partial charge on any atom is 0.399 e. The van der Waals surface area contributed by atoms with Crippen molar-refractivity contribution in [3.8, 4) is 0 Å². The van der Waals surface area contributed by atoms with Gasteiger partial charge in [0.25, 0.3) is 0 Å². The minimum atomic E-state index is -4.49. The zero-order chi connectivity index (χ0) is 22.3. The van der Waals surface area contributed by atoms with Gasteiger partial charge in [0, 0.05) is 6.42 Å². The van der Waals surface area contributed by atoms with Crippen molar-refractivity contribution in [1.82, 2.24) is 5.32 Å². The summed E-state index contributed by atoms with van der Waals surface area (Å²) in [6.07, 6.45) is 25.2. The van der Waals surface area contributed by atoms with Gasteiger partial charge >= 0.3 is 10.4 Å². The summed E-state index contributed by atoms with van der Waals surface area (Å²) in [5.74, 6) is -0.259. The van der Waals surface area contributed by atoms with E-state index in [1.165, 1.54) is 103 Å². The lowest BCUT2D eigenvalue weighted by Gasteiger charge is -2.05. The summed E-state index contributed by atoms with van der Waals surface area (Å²) in [4.78, 5) is 11.4. The van der Waals surface area contributed by atoms with Crippen LogP contribution in [0.4, 0.5) is 0 Å². The molecular weight excluding hydrogens is 402 g/mol. The van der Waals surface area contributed by atoms with Gasteiger partial charge in [-0.05, 0) is 6.42 Å². The highest BCUT2D eigenvalue weighted by molar-refractivity contribution is 7.80. The third-order valence-corrected chi connectivity index (χ3v) is 5.90. The molecular formula is C23H47NO5S. The summed E-state index contributed by atoms with van der Waals surface area (Å²) in [6, 6.07) is 0. The van der Waals surface area contributed by atoms with Gasteiger partial charge in [0.15, 0.2) is 0 Å². The van der Waals surface area contributed by atoms with Gasteiger partial charge in [-0.25, -0.2) is 4.18 Å². The van der Waals surface area contributed by atoms with E-state index in [0.717, 1.165) is 19.3 Å². The quantitative estimate of drug-likeness (QED) is 0.103. The second-order valence-corrected chi connectivity index (χ2v) is 9.49. The maximum absolute atomic E-state index is 11.4. The SMILES string of the molecule is CCCCCCCCCCCCCCCCCCCCCC(=O)NCOS(=O)(=O)O. The Morgan fingerprint density at radius 1 is 0.667 bits per heavy atom. The average Bonchev–Trinajstić information content (AvgIpc) is 2.68. The predicted molar refractivity (Wildman–Crippen MR) is 124 cm³/mol. The lowest BCUT2D eigenvalue weighted by atomic mass is 10.0. The van der Waals surface area contributed by atoms with Crippen molar-refractivity contribution in [3.05, 3.63) is 0 Å². The van der Waals surface area contributed by atoms with E-state index >= 15 is 0 Å². The van der Waals surface area contributed by atoms with E-state index in [9.17, 15) is 13.2 Å². The minimum Gasteiger partial charge on any atom is -0.332 e. The van der Waals surface area contributed by atoms with E-state index in [-0.39, 0.29) is 5.91 Å². The van der Waals surface area contributed by atoms with Gasteiger partial charge < -0.3 is 5.32 Å². The monoisotopic (exact) mass is 449 g/mol. The van der Waals surface area contributed by atoms with Gasteiger partial charge in [-0.1, -0.05) is 122 Å². The summed E-state index contributed by atoms with van der Waals surface area (Å²) in [5.41, 5.74) is 0. The molecule has 0 spiro atoms. The minimum absolute atomic E-state index is 0.259.